The molecule has 0 radical (unpaired) electrons. The van der Waals surface area contributed by atoms with Crippen LogP contribution in [0.2, 0.25) is 0 Å². The molecule has 2 rings (SSSR count). The number of rotatable bonds is 0. The third kappa shape index (κ3) is 1.31. The van der Waals surface area contributed by atoms with Crippen molar-refractivity contribution >= 4 is 22.6 Å². The molecular weight excluding hydrogens is 247 g/mol. The highest BCUT2D eigenvalue weighted by Crippen LogP contribution is 2.25. The number of benzene rings is 1. The summed E-state index contributed by atoms with van der Waals surface area (Å²) in [6.45, 7) is 2.19. The maximum atomic E-state index is 2.42. The van der Waals surface area contributed by atoms with Crippen LogP contribution in [-0.2, 0) is 12.8 Å². The molecule has 0 bridgehead atoms. The molecule has 0 saturated carbocycles. The maximum absolute atomic E-state index is 2.42. The minimum Gasteiger partial charge on any atom is -0.0548 e. The molecule has 0 saturated heterocycles. The fraction of sp³-hybridized carbons (Fsp3) is 0.400. The molecule has 1 aromatic rings. The van der Waals surface area contributed by atoms with E-state index in [1.54, 1.807) is 11.1 Å². The van der Waals surface area contributed by atoms with Crippen molar-refractivity contribution in [2.45, 2.75) is 26.2 Å². The molecule has 0 aromatic heterocycles. The number of hydrogen-bond donors (Lipinski definition) is 0. The van der Waals surface area contributed by atoms with Crippen molar-refractivity contribution in [1.29, 1.82) is 0 Å². The zero-order valence-corrected chi connectivity index (χ0v) is 8.81. The van der Waals surface area contributed by atoms with Gasteiger partial charge >= 0.3 is 0 Å². The van der Waals surface area contributed by atoms with Gasteiger partial charge in [-0.05, 0) is 71.5 Å². The summed E-state index contributed by atoms with van der Waals surface area (Å²) in [6.07, 6.45) is 3.95. The van der Waals surface area contributed by atoms with Gasteiger partial charge in [0.1, 0.15) is 0 Å². The first kappa shape index (κ1) is 7.59. The summed E-state index contributed by atoms with van der Waals surface area (Å²) in [5.41, 5.74) is 4.61. The number of aryl methyl sites for hydroxylation is 3. The van der Waals surface area contributed by atoms with Crippen LogP contribution in [0, 0.1) is 10.5 Å². The Morgan fingerprint density at radius 2 is 1.82 bits per heavy atom. The van der Waals surface area contributed by atoms with Crippen molar-refractivity contribution in [3.8, 4) is 0 Å². The van der Waals surface area contributed by atoms with Crippen LogP contribution in [-0.4, -0.2) is 0 Å². The fourth-order valence-electron chi connectivity index (χ4n) is 1.72. The van der Waals surface area contributed by atoms with Gasteiger partial charge in [-0.1, -0.05) is 6.07 Å². The second kappa shape index (κ2) is 2.77. The average Bonchev–Trinajstić information content (AvgIpc) is 2.36. The lowest BCUT2D eigenvalue weighted by molar-refractivity contribution is 0.911. The summed E-state index contributed by atoms with van der Waals surface area (Å²) in [4.78, 5) is 0. The second-order valence-electron chi connectivity index (χ2n) is 3.22. The molecule has 0 atom stereocenters. The fourth-order valence-corrected chi connectivity index (χ4v) is 2.25. The zero-order chi connectivity index (χ0) is 7.84. The molecule has 0 spiro atoms. The Bertz CT molecular complexity index is 260. The van der Waals surface area contributed by atoms with Crippen molar-refractivity contribution in [1.82, 2.24) is 0 Å². The van der Waals surface area contributed by atoms with Crippen LogP contribution in [0.3, 0.4) is 0 Å². The van der Waals surface area contributed by atoms with Gasteiger partial charge in [0.25, 0.3) is 0 Å². The first-order valence-corrected chi connectivity index (χ1v) is 5.13. The number of fused-ring (bicyclic) bond motifs is 1. The number of hydrogen-bond acceptors (Lipinski definition) is 0. The lowest BCUT2D eigenvalue weighted by Gasteiger charge is -2.02. The zero-order valence-electron chi connectivity index (χ0n) is 6.65. The van der Waals surface area contributed by atoms with E-state index in [1.165, 1.54) is 28.4 Å². The van der Waals surface area contributed by atoms with Gasteiger partial charge in [-0.25, -0.2) is 0 Å². The van der Waals surface area contributed by atoms with Gasteiger partial charge in [0.05, 0.1) is 0 Å². The maximum Gasteiger partial charge on any atom is 0.0162 e. The van der Waals surface area contributed by atoms with Gasteiger partial charge in [0, 0.05) is 3.57 Å². The van der Waals surface area contributed by atoms with Crippen molar-refractivity contribution in [3.05, 3.63) is 32.4 Å². The highest BCUT2D eigenvalue weighted by molar-refractivity contribution is 14.1. The topological polar surface area (TPSA) is 0 Å². The molecule has 0 N–H and O–H groups in total. The summed E-state index contributed by atoms with van der Waals surface area (Å²) in [6, 6.07) is 4.70. The van der Waals surface area contributed by atoms with E-state index in [0.29, 0.717) is 0 Å². The van der Waals surface area contributed by atoms with Crippen LogP contribution in [0.4, 0.5) is 0 Å². The quantitative estimate of drug-likeness (QED) is 0.627. The van der Waals surface area contributed by atoms with Gasteiger partial charge < -0.3 is 0 Å². The van der Waals surface area contributed by atoms with Crippen LogP contribution in [0.5, 0.6) is 0 Å². The lowest BCUT2D eigenvalue weighted by Crippen LogP contribution is -1.87. The van der Waals surface area contributed by atoms with Crippen LogP contribution in [0.1, 0.15) is 23.1 Å². The van der Waals surface area contributed by atoms with E-state index in [4.69, 9.17) is 0 Å². The van der Waals surface area contributed by atoms with Crippen molar-refractivity contribution in [2.75, 3.05) is 0 Å². The van der Waals surface area contributed by atoms with Crippen LogP contribution in [0.15, 0.2) is 12.1 Å². The Labute approximate surface area is 81.1 Å². The first-order chi connectivity index (χ1) is 5.27. The Hall–Kier alpha value is -0.0500. The molecule has 1 aliphatic rings. The second-order valence-corrected chi connectivity index (χ2v) is 4.39. The summed E-state index contributed by atoms with van der Waals surface area (Å²) < 4.78 is 1.42. The third-order valence-electron chi connectivity index (χ3n) is 2.37. The van der Waals surface area contributed by atoms with Gasteiger partial charge in [0.2, 0.25) is 0 Å². The Kier molecular flexibility index (Phi) is 1.91. The lowest BCUT2D eigenvalue weighted by atomic mass is 10.1. The minimum absolute atomic E-state index is 1.30. The molecule has 58 valence electrons. The van der Waals surface area contributed by atoms with Gasteiger partial charge in [-0.2, -0.15) is 0 Å². The molecule has 0 unspecified atom stereocenters. The third-order valence-corrected chi connectivity index (χ3v) is 3.54. The molecule has 0 amide bonds. The van der Waals surface area contributed by atoms with Crippen LogP contribution in [0.25, 0.3) is 0 Å². The largest absolute Gasteiger partial charge is 0.0548 e. The van der Waals surface area contributed by atoms with E-state index >= 15 is 0 Å². The van der Waals surface area contributed by atoms with E-state index in [-0.39, 0.29) is 0 Å². The van der Waals surface area contributed by atoms with Gasteiger partial charge in [-0.3, -0.25) is 0 Å². The van der Waals surface area contributed by atoms with Crippen LogP contribution >= 0.6 is 22.6 Å². The van der Waals surface area contributed by atoms with E-state index in [9.17, 15) is 0 Å². The monoisotopic (exact) mass is 258 g/mol. The van der Waals surface area contributed by atoms with E-state index in [0.717, 1.165) is 0 Å². The summed E-state index contributed by atoms with van der Waals surface area (Å²) in [5.74, 6) is 0. The summed E-state index contributed by atoms with van der Waals surface area (Å²) in [7, 11) is 0. The Balaban J connectivity index is 2.57. The van der Waals surface area contributed by atoms with Crippen LogP contribution < -0.4 is 0 Å². The van der Waals surface area contributed by atoms with E-state index in [2.05, 4.69) is 41.6 Å². The minimum atomic E-state index is 1.30. The van der Waals surface area contributed by atoms with Crippen molar-refractivity contribution < 1.29 is 0 Å². The SMILES string of the molecule is Cc1cc2c(cc1I)CCC2. The normalized spacial score (nSPS) is 15.1. The molecule has 1 heteroatoms. The van der Waals surface area contributed by atoms with E-state index in [1.807, 2.05) is 0 Å². The Morgan fingerprint density at radius 3 is 2.55 bits per heavy atom. The molecule has 0 aliphatic heterocycles. The van der Waals surface area contributed by atoms with Crippen molar-refractivity contribution in [3.63, 3.8) is 0 Å². The Morgan fingerprint density at radius 1 is 1.18 bits per heavy atom. The summed E-state index contributed by atoms with van der Waals surface area (Å²) in [5, 5.41) is 0. The predicted octanol–water partition coefficient (Wildman–Crippen LogP) is 3.09. The molecule has 0 fully saturated rings. The molecule has 1 aliphatic carbocycles. The van der Waals surface area contributed by atoms with E-state index < -0.39 is 0 Å². The average molecular weight is 258 g/mol. The van der Waals surface area contributed by atoms with Gasteiger partial charge in [-0.15, -0.1) is 0 Å². The number of halogens is 1. The predicted molar refractivity (Wildman–Crippen MR) is 55.9 cm³/mol. The standard InChI is InChI=1S/C10H11I/c1-7-5-8-3-2-4-9(8)6-10(7)11/h5-6H,2-4H2,1H3. The molecular formula is C10H11I. The van der Waals surface area contributed by atoms with Crippen molar-refractivity contribution in [2.24, 2.45) is 0 Å². The highest BCUT2D eigenvalue weighted by Gasteiger charge is 2.11. The molecule has 11 heavy (non-hydrogen) atoms. The molecule has 0 nitrogen and oxygen atoms in total. The highest BCUT2D eigenvalue weighted by atomic mass is 127. The first-order valence-electron chi connectivity index (χ1n) is 4.05. The molecule has 0 heterocycles. The molecule has 1 aromatic carbocycles. The smallest absolute Gasteiger partial charge is 0.0162 e. The van der Waals surface area contributed by atoms with Gasteiger partial charge in [0.15, 0.2) is 0 Å². The summed E-state index contributed by atoms with van der Waals surface area (Å²) >= 11 is 2.42.